The molecule has 0 unspecified atom stereocenters. The number of hydrogen-bond acceptors (Lipinski definition) is 5. The molecule has 2 aromatic carbocycles. The highest BCUT2D eigenvalue weighted by Crippen LogP contribution is 2.31. The standard InChI is InChI=1S/C24H28BrN3O3/c1-5-7-11-22-27-20-13-12-18(25)14-19(20)24(29)28(22)26-15-17-9-8-10-21(30-4)23(17)31-16(3)6-2/h8-10,12-16H,5-7,11H2,1-4H3/t16-/m1/s1. The minimum absolute atomic E-state index is 0.0194. The molecular weight excluding hydrogens is 458 g/mol. The fourth-order valence-electron chi connectivity index (χ4n) is 3.14. The first-order valence-electron chi connectivity index (χ1n) is 10.6. The molecule has 7 heteroatoms. The van der Waals surface area contributed by atoms with E-state index in [2.05, 4.69) is 34.9 Å². The third kappa shape index (κ3) is 5.34. The summed E-state index contributed by atoms with van der Waals surface area (Å²) >= 11 is 3.44. The van der Waals surface area contributed by atoms with Crippen molar-refractivity contribution in [2.24, 2.45) is 5.10 Å². The first-order valence-corrected chi connectivity index (χ1v) is 11.4. The molecule has 1 aromatic heterocycles. The molecule has 3 rings (SSSR count). The van der Waals surface area contributed by atoms with Gasteiger partial charge in [-0.2, -0.15) is 9.78 Å². The van der Waals surface area contributed by atoms with Gasteiger partial charge in [0.05, 0.1) is 30.3 Å². The van der Waals surface area contributed by atoms with Crippen LogP contribution in [0.2, 0.25) is 0 Å². The zero-order valence-electron chi connectivity index (χ0n) is 18.4. The number of para-hydroxylation sites is 1. The minimum Gasteiger partial charge on any atom is -0.493 e. The van der Waals surface area contributed by atoms with Crippen LogP contribution in [-0.2, 0) is 6.42 Å². The normalized spacial score (nSPS) is 12.4. The van der Waals surface area contributed by atoms with E-state index < -0.39 is 0 Å². The summed E-state index contributed by atoms with van der Waals surface area (Å²) in [6.07, 6.45) is 5.11. The lowest BCUT2D eigenvalue weighted by molar-refractivity contribution is 0.207. The summed E-state index contributed by atoms with van der Waals surface area (Å²) < 4.78 is 13.8. The van der Waals surface area contributed by atoms with E-state index >= 15 is 0 Å². The van der Waals surface area contributed by atoms with Crippen molar-refractivity contribution in [3.8, 4) is 11.5 Å². The molecule has 0 saturated heterocycles. The maximum absolute atomic E-state index is 13.3. The Morgan fingerprint density at radius 1 is 1.26 bits per heavy atom. The SMILES string of the molecule is CCCCc1nc2ccc(Br)cc2c(=O)n1N=Cc1cccc(OC)c1O[C@H](C)CC. The van der Waals surface area contributed by atoms with Gasteiger partial charge in [-0.05, 0) is 50.1 Å². The van der Waals surface area contributed by atoms with Crippen LogP contribution in [0.25, 0.3) is 10.9 Å². The summed E-state index contributed by atoms with van der Waals surface area (Å²) in [6.45, 7) is 6.18. The maximum atomic E-state index is 13.3. The zero-order chi connectivity index (χ0) is 22.4. The van der Waals surface area contributed by atoms with Crippen LogP contribution in [0.4, 0.5) is 0 Å². The molecule has 0 radical (unpaired) electrons. The first kappa shape index (κ1) is 23.0. The van der Waals surface area contributed by atoms with Crippen molar-refractivity contribution in [1.29, 1.82) is 0 Å². The van der Waals surface area contributed by atoms with Crippen LogP contribution in [0.15, 0.2) is 50.8 Å². The molecule has 0 spiro atoms. The summed E-state index contributed by atoms with van der Waals surface area (Å²) in [5.41, 5.74) is 1.22. The number of unbranched alkanes of at least 4 members (excludes halogenated alkanes) is 1. The average molecular weight is 486 g/mol. The highest BCUT2D eigenvalue weighted by Gasteiger charge is 2.14. The van der Waals surface area contributed by atoms with Crippen LogP contribution >= 0.6 is 15.9 Å². The average Bonchev–Trinajstić information content (AvgIpc) is 2.78. The van der Waals surface area contributed by atoms with E-state index in [9.17, 15) is 4.79 Å². The molecule has 6 nitrogen and oxygen atoms in total. The molecule has 0 aliphatic rings. The van der Waals surface area contributed by atoms with Crippen LogP contribution in [0.5, 0.6) is 11.5 Å². The number of rotatable bonds is 9. The number of benzene rings is 2. The van der Waals surface area contributed by atoms with Gasteiger partial charge in [0.1, 0.15) is 5.82 Å². The highest BCUT2D eigenvalue weighted by atomic mass is 79.9. The Morgan fingerprint density at radius 3 is 2.77 bits per heavy atom. The summed E-state index contributed by atoms with van der Waals surface area (Å²) in [4.78, 5) is 18.0. The number of aryl methyl sites for hydroxylation is 1. The second-order valence-electron chi connectivity index (χ2n) is 7.37. The van der Waals surface area contributed by atoms with Crippen LogP contribution in [0, 0.1) is 0 Å². The third-order valence-electron chi connectivity index (χ3n) is 5.06. The van der Waals surface area contributed by atoms with Crippen molar-refractivity contribution >= 4 is 33.0 Å². The highest BCUT2D eigenvalue weighted by molar-refractivity contribution is 9.10. The molecule has 1 atom stereocenters. The Hall–Kier alpha value is -2.67. The monoisotopic (exact) mass is 485 g/mol. The van der Waals surface area contributed by atoms with Crippen LogP contribution < -0.4 is 15.0 Å². The predicted molar refractivity (Wildman–Crippen MR) is 129 cm³/mol. The number of fused-ring (bicyclic) bond motifs is 1. The van der Waals surface area contributed by atoms with Gasteiger partial charge in [0.2, 0.25) is 0 Å². The van der Waals surface area contributed by atoms with Crippen molar-refractivity contribution in [2.75, 3.05) is 7.11 Å². The first-order chi connectivity index (χ1) is 15.0. The maximum Gasteiger partial charge on any atom is 0.282 e. The molecule has 0 N–H and O–H groups in total. The van der Waals surface area contributed by atoms with Gasteiger partial charge in [-0.25, -0.2) is 4.98 Å². The Kier molecular flexibility index (Phi) is 7.85. The number of halogens is 1. The molecule has 0 bridgehead atoms. The van der Waals surface area contributed by atoms with Gasteiger partial charge in [0.25, 0.3) is 5.56 Å². The molecule has 164 valence electrons. The lowest BCUT2D eigenvalue weighted by Gasteiger charge is -2.17. The predicted octanol–water partition coefficient (Wildman–Crippen LogP) is 5.57. The molecule has 1 heterocycles. The van der Waals surface area contributed by atoms with Crippen LogP contribution in [0.3, 0.4) is 0 Å². The summed E-state index contributed by atoms with van der Waals surface area (Å²) in [5.74, 6) is 1.89. The van der Waals surface area contributed by atoms with Gasteiger partial charge < -0.3 is 9.47 Å². The van der Waals surface area contributed by atoms with E-state index in [0.717, 1.165) is 29.3 Å². The molecule has 0 amide bonds. The number of methoxy groups -OCH3 is 1. The van der Waals surface area contributed by atoms with Gasteiger partial charge in [-0.15, -0.1) is 0 Å². The fourth-order valence-corrected chi connectivity index (χ4v) is 3.50. The molecule has 0 aliphatic carbocycles. The van der Waals surface area contributed by atoms with Gasteiger partial charge in [-0.3, -0.25) is 4.79 Å². The second kappa shape index (κ2) is 10.6. The smallest absolute Gasteiger partial charge is 0.282 e. The Morgan fingerprint density at radius 2 is 2.06 bits per heavy atom. The zero-order valence-corrected chi connectivity index (χ0v) is 20.0. The quantitative estimate of drug-likeness (QED) is 0.371. The number of nitrogens with zero attached hydrogens (tertiary/aromatic N) is 3. The summed E-state index contributed by atoms with van der Waals surface area (Å²) in [7, 11) is 1.61. The minimum atomic E-state index is -0.194. The van der Waals surface area contributed by atoms with Crippen LogP contribution in [0.1, 0.15) is 51.4 Å². The van der Waals surface area contributed by atoms with Gasteiger partial charge in [0, 0.05) is 16.5 Å². The van der Waals surface area contributed by atoms with E-state index in [4.69, 9.17) is 14.5 Å². The van der Waals surface area contributed by atoms with Crippen molar-refractivity contribution < 1.29 is 9.47 Å². The number of aromatic nitrogens is 2. The van der Waals surface area contributed by atoms with Gasteiger partial charge >= 0.3 is 0 Å². The largest absolute Gasteiger partial charge is 0.493 e. The third-order valence-corrected chi connectivity index (χ3v) is 5.56. The Bertz CT molecular complexity index is 1140. The molecule has 31 heavy (non-hydrogen) atoms. The lowest BCUT2D eigenvalue weighted by Crippen LogP contribution is -2.22. The van der Waals surface area contributed by atoms with Crippen molar-refractivity contribution in [2.45, 2.75) is 52.6 Å². The fraction of sp³-hybridized carbons (Fsp3) is 0.375. The second-order valence-corrected chi connectivity index (χ2v) is 8.29. The van der Waals surface area contributed by atoms with Crippen LogP contribution in [-0.4, -0.2) is 29.1 Å². The number of hydrogen-bond donors (Lipinski definition) is 0. The Balaban J connectivity index is 2.12. The molecule has 0 fully saturated rings. The topological polar surface area (TPSA) is 65.7 Å². The summed E-state index contributed by atoms with van der Waals surface area (Å²) in [6, 6.07) is 11.1. The van der Waals surface area contributed by atoms with Gasteiger partial charge in [0.15, 0.2) is 11.5 Å². The summed E-state index contributed by atoms with van der Waals surface area (Å²) in [5, 5.41) is 5.07. The van der Waals surface area contributed by atoms with E-state index in [1.807, 2.05) is 37.3 Å². The van der Waals surface area contributed by atoms with Gasteiger partial charge in [-0.1, -0.05) is 42.3 Å². The van der Waals surface area contributed by atoms with Crippen molar-refractivity contribution in [3.05, 3.63) is 62.6 Å². The lowest BCUT2D eigenvalue weighted by atomic mass is 10.2. The molecular formula is C24H28BrN3O3. The Labute approximate surface area is 191 Å². The van der Waals surface area contributed by atoms with E-state index in [0.29, 0.717) is 34.6 Å². The molecule has 0 aliphatic heterocycles. The molecule has 3 aromatic rings. The van der Waals surface area contributed by atoms with Crippen molar-refractivity contribution in [3.63, 3.8) is 0 Å². The van der Waals surface area contributed by atoms with Crippen molar-refractivity contribution in [1.82, 2.24) is 9.66 Å². The van der Waals surface area contributed by atoms with E-state index in [-0.39, 0.29) is 11.7 Å². The molecule has 0 saturated carbocycles. The number of ether oxygens (including phenoxy) is 2. The van der Waals surface area contributed by atoms with E-state index in [1.54, 1.807) is 19.4 Å². The van der Waals surface area contributed by atoms with E-state index in [1.165, 1.54) is 4.68 Å².